The first kappa shape index (κ1) is 17.4. The minimum absolute atomic E-state index is 0.160. The number of allylic oxidation sites excluding steroid dienone is 3. The molecule has 0 unspecified atom stereocenters. The number of ketones is 1. The molecule has 2 N–H and O–H groups in total. The zero-order valence-electron chi connectivity index (χ0n) is 16.1. The molecular formula is C22H27NO4. The van der Waals surface area contributed by atoms with Crippen molar-refractivity contribution in [2.24, 2.45) is 46.3 Å². The van der Waals surface area contributed by atoms with Crippen LogP contribution in [-0.4, -0.2) is 28.3 Å². The Hall–Kier alpha value is -1.75. The second-order valence-corrected chi connectivity index (χ2v) is 9.77. The van der Waals surface area contributed by atoms with Crippen LogP contribution in [0.1, 0.15) is 40.0 Å². The molecule has 144 valence electrons. The van der Waals surface area contributed by atoms with Crippen molar-refractivity contribution in [2.45, 2.75) is 45.6 Å². The van der Waals surface area contributed by atoms with Crippen LogP contribution in [0.25, 0.3) is 0 Å². The first-order valence-electron chi connectivity index (χ1n) is 10.2. The molecule has 1 heterocycles. The molecule has 9 atom stereocenters. The van der Waals surface area contributed by atoms with E-state index < -0.39 is 40.1 Å². The van der Waals surface area contributed by atoms with E-state index in [0.29, 0.717) is 11.8 Å². The quantitative estimate of drug-likeness (QED) is 0.389. The molecule has 1 aliphatic heterocycles. The van der Waals surface area contributed by atoms with Gasteiger partial charge < -0.3 is 5.11 Å². The van der Waals surface area contributed by atoms with Crippen molar-refractivity contribution >= 4 is 17.6 Å². The molecule has 0 aromatic rings. The number of fused-ring (bicyclic) bond motifs is 4. The molecule has 4 aliphatic carbocycles. The Balaban J connectivity index is 1.73. The van der Waals surface area contributed by atoms with Gasteiger partial charge in [-0.15, -0.1) is 0 Å². The summed E-state index contributed by atoms with van der Waals surface area (Å²) in [4.78, 5) is 39.9. The lowest BCUT2D eigenvalue weighted by molar-refractivity contribution is -0.170. The fraction of sp³-hybridized carbons (Fsp3) is 0.682. The molecule has 27 heavy (non-hydrogen) atoms. The minimum atomic E-state index is -1.99. The van der Waals surface area contributed by atoms with Crippen molar-refractivity contribution < 1.29 is 19.5 Å². The molecule has 0 aromatic heterocycles. The third kappa shape index (κ3) is 1.61. The van der Waals surface area contributed by atoms with Crippen LogP contribution in [-0.2, 0) is 14.4 Å². The van der Waals surface area contributed by atoms with Crippen molar-refractivity contribution in [1.29, 1.82) is 0 Å². The van der Waals surface area contributed by atoms with E-state index in [-0.39, 0.29) is 17.6 Å². The number of amides is 2. The SMILES string of the molecule is C[C@H]1CC[C@H]2[C@@H](C=C[C@@H]3[C@H]4C=C[C@@H](C)[C@@]5(O)C(=O)NC(=O)[C@@]45C(=O)[C@@]32C)C1. The normalized spacial score (nSPS) is 55.6. The average molecular weight is 369 g/mol. The standard InChI is InChI=1S/C22H27NO4/c1-11-4-7-14-13(10-11)6-9-15-16-8-5-12(2)22(27)19(26)23-18(25)21(16,22)17(24)20(14,15)3/h5-6,8-9,11-16,27H,4,7,10H2,1-3H3,(H,23,25,26)/t11-,12+,13-,14-,15+,16+,20+,21-,22+/m0/s1. The van der Waals surface area contributed by atoms with Crippen molar-refractivity contribution in [2.75, 3.05) is 0 Å². The smallest absolute Gasteiger partial charge is 0.260 e. The summed E-state index contributed by atoms with van der Waals surface area (Å²) in [5.41, 5.74) is -4.42. The Labute approximate surface area is 159 Å². The van der Waals surface area contributed by atoms with E-state index in [1.54, 1.807) is 6.92 Å². The van der Waals surface area contributed by atoms with Gasteiger partial charge in [0.15, 0.2) is 16.8 Å². The van der Waals surface area contributed by atoms with E-state index in [9.17, 15) is 19.5 Å². The molecule has 0 aromatic carbocycles. The molecule has 1 saturated heterocycles. The van der Waals surface area contributed by atoms with E-state index >= 15 is 0 Å². The number of carbonyl (C=O) groups excluding carboxylic acids is 3. The maximum atomic E-state index is 14.1. The third-order valence-corrected chi connectivity index (χ3v) is 8.72. The van der Waals surface area contributed by atoms with Crippen molar-refractivity contribution in [1.82, 2.24) is 5.32 Å². The Kier molecular flexibility index (Phi) is 3.21. The van der Waals surface area contributed by atoms with Gasteiger partial charge in [0.25, 0.3) is 5.91 Å². The maximum Gasteiger partial charge on any atom is 0.260 e. The van der Waals surface area contributed by atoms with Gasteiger partial charge in [-0.2, -0.15) is 0 Å². The number of imide groups is 1. The van der Waals surface area contributed by atoms with Crippen molar-refractivity contribution in [3.63, 3.8) is 0 Å². The molecule has 2 saturated carbocycles. The number of carbonyl (C=O) groups is 3. The number of rotatable bonds is 0. The highest BCUT2D eigenvalue weighted by Gasteiger charge is 2.83. The summed E-state index contributed by atoms with van der Waals surface area (Å²) in [7, 11) is 0. The number of hydrogen-bond donors (Lipinski definition) is 2. The van der Waals surface area contributed by atoms with Crippen LogP contribution in [0.2, 0.25) is 0 Å². The minimum Gasteiger partial charge on any atom is -0.378 e. The summed E-state index contributed by atoms with van der Waals surface area (Å²) in [6, 6.07) is 0. The van der Waals surface area contributed by atoms with Gasteiger partial charge in [0.05, 0.1) is 0 Å². The average Bonchev–Trinajstić information content (AvgIpc) is 2.96. The number of hydrogen-bond acceptors (Lipinski definition) is 4. The lowest BCUT2D eigenvalue weighted by Crippen LogP contribution is -2.62. The fourth-order valence-electron chi connectivity index (χ4n) is 7.34. The predicted octanol–water partition coefficient (Wildman–Crippen LogP) is 2.01. The second kappa shape index (κ2) is 4.99. The Morgan fingerprint density at radius 2 is 1.70 bits per heavy atom. The fourth-order valence-corrected chi connectivity index (χ4v) is 7.34. The van der Waals surface area contributed by atoms with Crippen molar-refractivity contribution in [3.8, 4) is 0 Å². The highest BCUT2D eigenvalue weighted by atomic mass is 16.3. The van der Waals surface area contributed by atoms with Crippen LogP contribution in [0.15, 0.2) is 24.3 Å². The zero-order chi connectivity index (χ0) is 19.4. The van der Waals surface area contributed by atoms with E-state index in [4.69, 9.17) is 0 Å². The Morgan fingerprint density at radius 1 is 1.00 bits per heavy atom. The second-order valence-electron chi connectivity index (χ2n) is 9.77. The first-order valence-corrected chi connectivity index (χ1v) is 10.2. The van der Waals surface area contributed by atoms with Gasteiger partial charge in [0.2, 0.25) is 5.91 Å². The molecule has 5 nitrogen and oxygen atoms in total. The maximum absolute atomic E-state index is 14.1. The monoisotopic (exact) mass is 369 g/mol. The zero-order valence-corrected chi connectivity index (χ0v) is 16.1. The van der Waals surface area contributed by atoms with Crippen LogP contribution >= 0.6 is 0 Å². The summed E-state index contributed by atoms with van der Waals surface area (Å²) in [6.07, 6.45) is 11.1. The lowest BCUT2D eigenvalue weighted by atomic mass is 9.55. The largest absolute Gasteiger partial charge is 0.378 e. The third-order valence-electron chi connectivity index (χ3n) is 8.72. The van der Waals surface area contributed by atoms with Gasteiger partial charge in [-0.1, -0.05) is 51.5 Å². The van der Waals surface area contributed by atoms with Crippen LogP contribution in [0, 0.1) is 46.3 Å². The predicted molar refractivity (Wildman–Crippen MR) is 98.1 cm³/mol. The number of aliphatic hydroxyl groups is 1. The lowest BCUT2D eigenvalue weighted by Gasteiger charge is -2.48. The van der Waals surface area contributed by atoms with Crippen molar-refractivity contribution in [3.05, 3.63) is 24.3 Å². The van der Waals surface area contributed by atoms with Crippen LogP contribution in [0.5, 0.6) is 0 Å². The summed E-state index contributed by atoms with van der Waals surface area (Å²) < 4.78 is 0. The van der Waals surface area contributed by atoms with E-state index in [0.717, 1.165) is 19.3 Å². The molecule has 0 radical (unpaired) electrons. The van der Waals surface area contributed by atoms with Gasteiger partial charge in [0.1, 0.15) is 0 Å². The summed E-state index contributed by atoms with van der Waals surface area (Å²) in [5, 5.41) is 13.8. The summed E-state index contributed by atoms with van der Waals surface area (Å²) >= 11 is 0. The van der Waals surface area contributed by atoms with Gasteiger partial charge in [-0.05, 0) is 36.5 Å². The van der Waals surface area contributed by atoms with Gasteiger partial charge >= 0.3 is 0 Å². The highest BCUT2D eigenvalue weighted by molar-refractivity contribution is 6.25. The number of nitrogens with one attached hydrogen (secondary N) is 1. The molecule has 3 fully saturated rings. The summed E-state index contributed by atoms with van der Waals surface area (Å²) in [6.45, 7) is 5.95. The van der Waals surface area contributed by atoms with Gasteiger partial charge in [-0.3, -0.25) is 19.7 Å². The van der Waals surface area contributed by atoms with Crippen LogP contribution < -0.4 is 5.32 Å². The molecule has 5 aliphatic rings. The van der Waals surface area contributed by atoms with Crippen LogP contribution in [0.4, 0.5) is 0 Å². The molecular weight excluding hydrogens is 342 g/mol. The Bertz CT molecular complexity index is 830. The molecule has 2 amide bonds. The highest BCUT2D eigenvalue weighted by Crippen LogP contribution is 2.69. The molecule has 0 bridgehead atoms. The molecule has 5 heteroatoms. The van der Waals surface area contributed by atoms with E-state index in [2.05, 4.69) is 24.4 Å². The van der Waals surface area contributed by atoms with E-state index in [1.807, 2.05) is 19.1 Å². The van der Waals surface area contributed by atoms with Crippen LogP contribution in [0.3, 0.4) is 0 Å². The molecule has 1 spiro atoms. The Morgan fingerprint density at radius 3 is 2.44 bits per heavy atom. The molecule has 5 rings (SSSR count). The topological polar surface area (TPSA) is 83.5 Å². The first-order chi connectivity index (χ1) is 12.7. The van der Waals surface area contributed by atoms with E-state index in [1.165, 1.54) is 0 Å². The summed E-state index contributed by atoms with van der Waals surface area (Å²) in [5.74, 6) is -1.65. The van der Waals surface area contributed by atoms with Gasteiger partial charge in [-0.25, -0.2) is 0 Å². The number of Topliss-reactive ketones (excluding diaryl/α,β-unsaturated/α-hetero) is 1. The van der Waals surface area contributed by atoms with Gasteiger partial charge in [0, 0.05) is 17.3 Å².